The third kappa shape index (κ3) is 2.51. The monoisotopic (exact) mass is 283 g/mol. The molecule has 0 bridgehead atoms. The van der Waals surface area contributed by atoms with Gasteiger partial charge in [-0.2, -0.15) is 0 Å². The Balaban J connectivity index is 2.69. The fourth-order valence-corrected chi connectivity index (χ4v) is 3.56. The summed E-state index contributed by atoms with van der Waals surface area (Å²) in [4.78, 5) is 0.260. The van der Waals surface area contributed by atoms with Crippen molar-refractivity contribution in [3.05, 3.63) is 41.4 Å². The highest BCUT2D eigenvalue weighted by Gasteiger charge is 2.18. The van der Waals surface area contributed by atoms with E-state index in [0.717, 1.165) is 5.39 Å². The van der Waals surface area contributed by atoms with Crippen molar-refractivity contribution in [2.45, 2.75) is 24.8 Å². The van der Waals surface area contributed by atoms with Crippen LogP contribution in [-0.2, 0) is 10.0 Å². The van der Waals surface area contributed by atoms with E-state index in [1.807, 2.05) is 6.07 Å². The van der Waals surface area contributed by atoms with Gasteiger partial charge >= 0.3 is 0 Å². The van der Waals surface area contributed by atoms with Crippen molar-refractivity contribution < 1.29 is 8.42 Å². The molecular weight excluding hydrogens is 270 g/mol. The smallest absolute Gasteiger partial charge is 0.209 e. The first-order valence-corrected chi connectivity index (χ1v) is 7.47. The molecule has 0 unspecified atom stereocenters. The van der Waals surface area contributed by atoms with E-state index in [2.05, 4.69) is 4.72 Å². The Hall–Kier alpha value is -1.10. The molecule has 2 rings (SSSR count). The summed E-state index contributed by atoms with van der Waals surface area (Å²) in [6.45, 7) is 3.57. The van der Waals surface area contributed by atoms with Gasteiger partial charge in [0.1, 0.15) is 0 Å². The van der Waals surface area contributed by atoms with Crippen LogP contribution in [-0.4, -0.2) is 14.5 Å². The Morgan fingerprint density at radius 2 is 1.67 bits per heavy atom. The average Bonchev–Trinajstić information content (AvgIpc) is 2.27. The molecule has 0 fully saturated rings. The molecule has 0 saturated heterocycles. The molecule has 2 aromatic carbocycles. The number of nitrogens with one attached hydrogen (secondary N) is 1. The highest BCUT2D eigenvalue weighted by atomic mass is 35.5. The van der Waals surface area contributed by atoms with Gasteiger partial charge in [-0.15, -0.1) is 0 Å². The van der Waals surface area contributed by atoms with E-state index in [9.17, 15) is 8.42 Å². The lowest BCUT2D eigenvalue weighted by Crippen LogP contribution is -2.30. The normalized spacial score (nSPS) is 12.2. The Bertz CT molecular complexity index is 680. The molecule has 0 saturated carbocycles. The maximum absolute atomic E-state index is 12.2. The molecular formula is C13H14ClNO2S. The SMILES string of the molecule is CC(C)NS(=O)(=O)c1cccc2c(Cl)cccc12. The Morgan fingerprint density at radius 1 is 1.06 bits per heavy atom. The van der Waals surface area contributed by atoms with Crippen LogP contribution in [0, 0.1) is 0 Å². The Morgan fingerprint density at radius 3 is 2.33 bits per heavy atom. The molecule has 5 heteroatoms. The van der Waals surface area contributed by atoms with E-state index in [0.29, 0.717) is 10.4 Å². The van der Waals surface area contributed by atoms with Crippen LogP contribution in [0.2, 0.25) is 5.02 Å². The van der Waals surface area contributed by atoms with E-state index >= 15 is 0 Å². The van der Waals surface area contributed by atoms with Gasteiger partial charge in [-0.3, -0.25) is 0 Å². The molecule has 1 N–H and O–H groups in total. The van der Waals surface area contributed by atoms with Gasteiger partial charge in [0.25, 0.3) is 0 Å². The maximum atomic E-state index is 12.2. The first kappa shape index (κ1) is 13.3. The Labute approximate surface area is 112 Å². The topological polar surface area (TPSA) is 46.2 Å². The number of benzene rings is 2. The van der Waals surface area contributed by atoms with Crippen molar-refractivity contribution in [1.29, 1.82) is 0 Å². The summed E-state index contributed by atoms with van der Waals surface area (Å²) >= 11 is 6.07. The van der Waals surface area contributed by atoms with Crippen LogP contribution < -0.4 is 4.72 Å². The van der Waals surface area contributed by atoms with E-state index in [4.69, 9.17) is 11.6 Å². The molecule has 0 aliphatic heterocycles. The molecule has 18 heavy (non-hydrogen) atoms. The summed E-state index contributed by atoms with van der Waals surface area (Å²) in [5, 5.41) is 1.93. The van der Waals surface area contributed by atoms with Crippen molar-refractivity contribution in [3.8, 4) is 0 Å². The molecule has 0 amide bonds. The molecule has 3 nitrogen and oxygen atoms in total. The molecule has 2 aromatic rings. The zero-order chi connectivity index (χ0) is 13.3. The highest BCUT2D eigenvalue weighted by molar-refractivity contribution is 7.89. The van der Waals surface area contributed by atoms with E-state index in [1.165, 1.54) is 0 Å². The fraction of sp³-hybridized carbons (Fsp3) is 0.231. The number of hydrogen-bond donors (Lipinski definition) is 1. The van der Waals surface area contributed by atoms with E-state index < -0.39 is 10.0 Å². The van der Waals surface area contributed by atoms with E-state index in [-0.39, 0.29) is 10.9 Å². The zero-order valence-corrected chi connectivity index (χ0v) is 11.7. The van der Waals surface area contributed by atoms with Crippen molar-refractivity contribution >= 4 is 32.4 Å². The largest absolute Gasteiger partial charge is 0.241 e. The minimum atomic E-state index is -3.51. The van der Waals surface area contributed by atoms with Gasteiger partial charge in [0, 0.05) is 21.8 Å². The molecule has 0 aliphatic carbocycles. The first-order chi connectivity index (χ1) is 8.42. The second kappa shape index (κ2) is 4.88. The predicted octanol–water partition coefficient (Wildman–Crippen LogP) is 3.18. The molecule has 0 aliphatic rings. The van der Waals surface area contributed by atoms with Crippen LogP contribution in [0.15, 0.2) is 41.3 Å². The number of halogens is 1. The summed E-state index contributed by atoms with van der Waals surface area (Å²) in [6, 6.07) is 10.2. The average molecular weight is 284 g/mol. The lowest BCUT2D eigenvalue weighted by molar-refractivity contribution is 0.571. The van der Waals surface area contributed by atoms with Crippen molar-refractivity contribution in [2.75, 3.05) is 0 Å². The summed E-state index contributed by atoms with van der Waals surface area (Å²) in [5.41, 5.74) is 0. The predicted molar refractivity (Wildman–Crippen MR) is 74.4 cm³/mol. The molecule has 0 atom stereocenters. The zero-order valence-electron chi connectivity index (χ0n) is 10.1. The van der Waals surface area contributed by atoms with Crippen LogP contribution in [0.3, 0.4) is 0 Å². The molecule has 0 aromatic heterocycles. The number of hydrogen-bond acceptors (Lipinski definition) is 2. The first-order valence-electron chi connectivity index (χ1n) is 5.61. The number of fused-ring (bicyclic) bond motifs is 1. The van der Waals surface area contributed by atoms with Crippen LogP contribution in [0.5, 0.6) is 0 Å². The van der Waals surface area contributed by atoms with Gasteiger partial charge in [-0.05, 0) is 26.0 Å². The summed E-state index contributed by atoms with van der Waals surface area (Å²) in [6.07, 6.45) is 0. The standard InChI is InChI=1S/C13H14ClNO2S/c1-9(2)15-18(16,17)13-8-4-5-10-11(13)6-3-7-12(10)14/h3-9,15H,1-2H3. The second-order valence-corrected chi connectivity index (χ2v) is 6.46. The van der Waals surface area contributed by atoms with Crippen LogP contribution in [0.1, 0.15) is 13.8 Å². The summed E-state index contributed by atoms with van der Waals surface area (Å²) < 4.78 is 27.0. The number of sulfonamides is 1. The van der Waals surface area contributed by atoms with Crippen molar-refractivity contribution in [1.82, 2.24) is 4.72 Å². The van der Waals surface area contributed by atoms with Gasteiger partial charge in [-0.1, -0.05) is 35.9 Å². The van der Waals surface area contributed by atoms with Crippen molar-refractivity contribution in [2.24, 2.45) is 0 Å². The molecule has 96 valence electrons. The molecule has 0 radical (unpaired) electrons. The summed E-state index contributed by atoms with van der Waals surface area (Å²) in [5.74, 6) is 0. The lowest BCUT2D eigenvalue weighted by atomic mass is 10.1. The van der Waals surface area contributed by atoms with Gasteiger partial charge < -0.3 is 0 Å². The van der Waals surface area contributed by atoms with Crippen LogP contribution in [0.4, 0.5) is 0 Å². The fourth-order valence-electron chi connectivity index (χ4n) is 1.85. The minimum absolute atomic E-state index is 0.149. The van der Waals surface area contributed by atoms with Gasteiger partial charge in [0.05, 0.1) is 4.90 Å². The summed E-state index contributed by atoms with van der Waals surface area (Å²) in [7, 11) is -3.51. The maximum Gasteiger partial charge on any atom is 0.241 e. The second-order valence-electron chi connectivity index (χ2n) is 4.37. The number of rotatable bonds is 3. The molecule has 0 heterocycles. The molecule has 0 spiro atoms. The van der Waals surface area contributed by atoms with E-state index in [1.54, 1.807) is 44.2 Å². The van der Waals surface area contributed by atoms with Gasteiger partial charge in [0.2, 0.25) is 10.0 Å². The Kier molecular flexibility index (Phi) is 3.61. The third-order valence-corrected chi connectivity index (χ3v) is 4.56. The van der Waals surface area contributed by atoms with Crippen molar-refractivity contribution in [3.63, 3.8) is 0 Å². The van der Waals surface area contributed by atoms with Crippen LogP contribution in [0.25, 0.3) is 10.8 Å². The highest BCUT2D eigenvalue weighted by Crippen LogP contribution is 2.28. The third-order valence-electron chi connectivity index (χ3n) is 2.51. The minimum Gasteiger partial charge on any atom is -0.209 e. The van der Waals surface area contributed by atoms with Gasteiger partial charge in [-0.25, -0.2) is 13.1 Å². The quantitative estimate of drug-likeness (QED) is 0.940. The lowest BCUT2D eigenvalue weighted by Gasteiger charge is -2.12. The van der Waals surface area contributed by atoms with Crippen LogP contribution >= 0.6 is 11.6 Å². The van der Waals surface area contributed by atoms with Gasteiger partial charge in [0.15, 0.2) is 0 Å².